The Morgan fingerprint density at radius 3 is 2.69 bits per heavy atom. The number of phenolic OH excluding ortho intramolecular Hbond substituents is 1. The third-order valence-corrected chi connectivity index (χ3v) is 4.94. The van der Waals surface area contributed by atoms with E-state index >= 15 is 0 Å². The molecule has 0 aliphatic carbocycles. The lowest BCUT2D eigenvalue weighted by atomic mass is 9.84. The lowest BCUT2D eigenvalue weighted by molar-refractivity contribution is 0.0960. The number of nitrogens with one attached hydrogen (secondary N) is 1. The van der Waals surface area contributed by atoms with Gasteiger partial charge in [0.15, 0.2) is 0 Å². The Morgan fingerprint density at radius 1 is 1.35 bits per heavy atom. The number of carbonyl (C=O) groups is 1. The van der Waals surface area contributed by atoms with Crippen LogP contribution in [0.4, 0.5) is 4.72 Å². The number of hydrogen-bond donors (Lipinski definition) is 2. The molecule has 0 aromatic heterocycles. The van der Waals surface area contributed by atoms with Crippen molar-refractivity contribution in [2.45, 2.75) is 19.9 Å². The lowest BCUT2D eigenvalue weighted by Gasteiger charge is -2.33. The summed E-state index contributed by atoms with van der Waals surface area (Å²) in [6.07, 6.45) is 0. The molecule has 0 fully saturated rings. The Hall–Kier alpha value is -1.82. The molecule has 0 saturated heterocycles. The summed E-state index contributed by atoms with van der Waals surface area (Å²) in [7, 11) is 3.57. The average molecular weight is 403 g/mol. The molecule has 1 aliphatic rings. The fraction of sp³-hybridized carbons (Fsp3) is 0.316. The number of aromatic hydroxyl groups is 1. The van der Waals surface area contributed by atoms with Crippen molar-refractivity contribution in [3.8, 4) is 5.75 Å². The summed E-state index contributed by atoms with van der Waals surface area (Å²) < 4.78 is 13.0. The summed E-state index contributed by atoms with van der Waals surface area (Å²) >= 11 is 12.6. The van der Waals surface area contributed by atoms with Crippen LogP contribution in [0.15, 0.2) is 30.3 Å². The van der Waals surface area contributed by atoms with E-state index in [2.05, 4.69) is 11.7 Å². The molecule has 0 bridgehead atoms. The molecule has 1 unspecified atom stereocenters. The summed E-state index contributed by atoms with van der Waals surface area (Å²) in [6.45, 7) is 1.53. The number of phenols is 1. The second kappa shape index (κ2) is 8.71. The molecule has 2 aromatic carbocycles. The zero-order chi connectivity index (χ0) is 19.4. The highest BCUT2D eigenvalue weighted by atomic mass is 35.5. The third-order valence-electron chi connectivity index (χ3n) is 4.39. The maximum Gasteiger partial charge on any atom is 0.269 e. The SMILES string of the molecule is C.CNC(=O)c1cc(C2CN(C)Cc3c(Cl)cc(Cl)cc32)ccc1O.[3H]F. The van der Waals surface area contributed by atoms with Gasteiger partial charge >= 0.3 is 0 Å². The van der Waals surface area contributed by atoms with Crippen molar-refractivity contribution < 1.29 is 14.6 Å². The molecule has 1 atom stereocenters. The number of likely N-dealkylation sites (N-methyl/N-ethyl adjacent to an activating group) is 1. The second-order valence-corrected chi connectivity index (χ2v) is 6.90. The summed E-state index contributed by atoms with van der Waals surface area (Å²) in [6, 6.07) is 8.82. The van der Waals surface area contributed by atoms with Crippen molar-refractivity contribution in [1.82, 2.24) is 10.2 Å². The van der Waals surface area contributed by atoms with Crippen LogP contribution in [0.3, 0.4) is 0 Å². The van der Waals surface area contributed by atoms with Gasteiger partial charge in [-0.15, -0.1) is 0 Å². The van der Waals surface area contributed by atoms with E-state index in [1.807, 2.05) is 19.2 Å². The van der Waals surface area contributed by atoms with Crippen LogP contribution in [0.25, 0.3) is 0 Å². The highest BCUT2D eigenvalue weighted by molar-refractivity contribution is 6.35. The molecule has 3 rings (SSSR count). The van der Waals surface area contributed by atoms with Crippen LogP contribution in [0.1, 0.15) is 40.4 Å². The van der Waals surface area contributed by atoms with E-state index in [4.69, 9.17) is 27.9 Å². The topological polar surface area (TPSA) is 52.6 Å². The molecule has 142 valence electrons. The summed E-state index contributed by atoms with van der Waals surface area (Å²) in [5.41, 5.74) is 3.32. The molecule has 1 amide bonds. The van der Waals surface area contributed by atoms with Crippen molar-refractivity contribution in [3.05, 3.63) is 62.6 Å². The van der Waals surface area contributed by atoms with E-state index < -0.39 is 0 Å². The number of nitrogens with zero attached hydrogens (tertiary/aromatic N) is 1. The van der Waals surface area contributed by atoms with Gasteiger partial charge in [-0.1, -0.05) is 36.7 Å². The fourth-order valence-corrected chi connectivity index (χ4v) is 3.79. The minimum absolute atomic E-state index is 0. The number of hydrogen-bond acceptors (Lipinski definition) is 3. The van der Waals surface area contributed by atoms with Gasteiger partial charge in [0.25, 0.3) is 7.36 Å². The molecular weight excluding hydrogens is 378 g/mol. The Balaban J connectivity index is 0.00000118. The number of benzene rings is 2. The van der Waals surface area contributed by atoms with Gasteiger partial charge in [-0.05, 0) is 48.0 Å². The van der Waals surface area contributed by atoms with Gasteiger partial charge < -0.3 is 15.3 Å². The summed E-state index contributed by atoms with van der Waals surface area (Å²) in [4.78, 5) is 14.1. The molecular formula is C19H23Cl2FN2O2. The third kappa shape index (κ3) is 4.11. The maximum absolute atomic E-state index is 12.0. The van der Waals surface area contributed by atoms with Crippen LogP contribution < -0.4 is 5.32 Å². The first kappa shape index (κ1) is 20.5. The average Bonchev–Trinajstić information content (AvgIpc) is 2.63. The van der Waals surface area contributed by atoms with Crippen LogP contribution in [-0.2, 0) is 6.54 Å². The number of carbonyl (C=O) groups excluding carboxylic acids is 1. The monoisotopic (exact) mass is 402 g/mol. The van der Waals surface area contributed by atoms with Gasteiger partial charge in [0.1, 0.15) is 5.75 Å². The zero-order valence-corrected chi connectivity index (χ0v) is 15.3. The first-order valence-corrected chi connectivity index (χ1v) is 8.37. The number of amides is 1. The molecule has 0 saturated carbocycles. The van der Waals surface area contributed by atoms with Crippen LogP contribution in [-0.4, -0.2) is 38.0 Å². The highest BCUT2D eigenvalue weighted by Gasteiger charge is 2.28. The Morgan fingerprint density at radius 2 is 2.04 bits per heavy atom. The molecule has 0 spiro atoms. The molecule has 26 heavy (non-hydrogen) atoms. The summed E-state index contributed by atoms with van der Waals surface area (Å²) in [5, 5.41) is 13.8. The fourth-order valence-electron chi connectivity index (χ4n) is 3.22. The number of rotatable bonds is 2. The van der Waals surface area contributed by atoms with E-state index in [-0.39, 0.29) is 30.6 Å². The standard InChI is InChI=1S/C18H18Cl2N2O2.CH4.FH/c1-21-18(24)13-5-10(3-4-17(13)23)14-8-22(2)9-15-12(14)6-11(19)7-16(15)20;;/h3-7,14,23H,8-9H2,1-2H3,(H,21,24);1H4;1H/i/hT. The Bertz CT molecular complexity index is 821. The first-order chi connectivity index (χ1) is 12.4. The second-order valence-electron chi connectivity index (χ2n) is 6.06. The number of fused-ring (bicyclic) bond motifs is 1. The van der Waals surface area contributed by atoms with Crippen molar-refractivity contribution in [2.24, 2.45) is 0 Å². The van der Waals surface area contributed by atoms with Gasteiger partial charge in [0.2, 0.25) is 0 Å². The van der Waals surface area contributed by atoms with E-state index in [9.17, 15) is 9.90 Å². The largest absolute Gasteiger partial charge is 0.507 e. The molecule has 0 radical (unpaired) electrons. The van der Waals surface area contributed by atoms with Crippen molar-refractivity contribution in [3.63, 3.8) is 0 Å². The Labute approximate surface area is 164 Å². The van der Waals surface area contributed by atoms with Crippen LogP contribution in [0, 0.1) is 0 Å². The normalized spacial score (nSPS) is 16.3. The lowest BCUT2D eigenvalue weighted by Crippen LogP contribution is -2.31. The molecule has 7 heteroatoms. The van der Waals surface area contributed by atoms with E-state index in [1.165, 1.54) is 7.05 Å². The smallest absolute Gasteiger partial charge is 0.269 e. The van der Waals surface area contributed by atoms with E-state index in [1.54, 1.807) is 18.2 Å². The predicted octanol–water partition coefficient (Wildman–Crippen LogP) is 4.42. The first-order valence-electron chi connectivity index (χ1n) is 8.00. The van der Waals surface area contributed by atoms with Gasteiger partial charge in [0, 0.05) is 36.1 Å². The maximum atomic E-state index is 12.0. The quantitative estimate of drug-likeness (QED) is 0.781. The van der Waals surface area contributed by atoms with Crippen LogP contribution in [0.2, 0.25) is 10.0 Å². The molecule has 1 aliphatic heterocycles. The van der Waals surface area contributed by atoms with E-state index in [0.29, 0.717) is 10.0 Å². The minimum Gasteiger partial charge on any atom is -0.507 e. The van der Waals surface area contributed by atoms with Gasteiger partial charge in [-0.2, -0.15) is 0 Å². The summed E-state index contributed by atoms with van der Waals surface area (Å²) in [5.74, 6) is -0.326. The molecule has 1 heterocycles. The predicted molar refractivity (Wildman–Crippen MR) is 105 cm³/mol. The highest BCUT2D eigenvalue weighted by Crippen LogP contribution is 2.39. The molecule has 4 nitrogen and oxygen atoms in total. The van der Waals surface area contributed by atoms with Crippen molar-refractivity contribution in [2.75, 3.05) is 20.6 Å². The van der Waals surface area contributed by atoms with Gasteiger partial charge in [-0.25, -0.2) is 0 Å². The molecule has 2 aromatic rings. The molecule has 2 N–H and O–H groups in total. The van der Waals surface area contributed by atoms with Crippen molar-refractivity contribution >= 4 is 29.1 Å². The van der Waals surface area contributed by atoms with Gasteiger partial charge in [0.05, 0.1) is 5.56 Å². The van der Waals surface area contributed by atoms with Gasteiger partial charge in [-0.3, -0.25) is 9.51 Å². The van der Waals surface area contributed by atoms with E-state index in [0.717, 1.165) is 29.8 Å². The van der Waals surface area contributed by atoms with Crippen molar-refractivity contribution in [1.29, 1.82) is 1.45 Å². The number of halogens is 3. The zero-order valence-electron chi connectivity index (χ0n) is 14.8. The van der Waals surface area contributed by atoms with Crippen LogP contribution >= 0.6 is 23.2 Å². The van der Waals surface area contributed by atoms with Crippen LogP contribution in [0.5, 0.6) is 5.75 Å². The minimum atomic E-state index is -0.317. The Kier molecular flexibility index (Phi) is 6.87.